The lowest BCUT2D eigenvalue weighted by Crippen LogP contribution is -2.28. The first-order chi connectivity index (χ1) is 6.59. The molecule has 1 aliphatic rings. The predicted molar refractivity (Wildman–Crippen MR) is 50.4 cm³/mol. The Kier molecular flexibility index (Phi) is 3.88. The van der Waals surface area contributed by atoms with Crippen LogP contribution in [0.3, 0.4) is 0 Å². The maximum absolute atomic E-state index is 11.0. The maximum atomic E-state index is 11.0. The zero-order valence-electron chi connectivity index (χ0n) is 8.36. The number of carbonyl (C=O) groups excluding carboxylic acids is 2. The number of ether oxygens (including phenoxy) is 1. The van der Waals surface area contributed by atoms with Crippen molar-refractivity contribution in [2.45, 2.75) is 25.9 Å². The molecule has 0 spiro atoms. The third kappa shape index (κ3) is 3.33. The Labute approximate surface area is 83.2 Å². The molecule has 1 saturated heterocycles. The van der Waals surface area contributed by atoms with Crippen molar-refractivity contribution in [3.05, 3.63) is 0 Å². The molecule has 2 amide bonds. The molecule has 0 radical (unpaired) electrons. The number of likely N-dealkylation sites (tertiary alicyclic amines) is 1. The van der Waals surface area contributed by atoms with Crippen LogP contribution in [0.2, 0.25) is 0 Å². The summed E-state index contributed by atoms with van der Waals surface area (Å²) in [5.74, 6) is -0.280. The van der Waals surface area contributed by atoms with Crippen LogP contribution in [-0.2, 0) is 14.3 Å². The van der Waals surface area contributed by atoms with Gasteiger partial charge in [0.25, 0.3) is 0 Å². The third-order valence-corrected chi connectivity index (χ3v) is 2.29. The van der Waals surface area contributed by atoms with E-state index >= 15 is 0 Å². The molecule has 0 saturated carbocycles. The molecule has 1 atom stereocenters. The summed E-state index contributed by atoms with van der Waals surface area (Å²) < 4.78 is 5.40. The van der Waals surface area contributed by atoms with Gasteiger partial charge in [-0.15, -0.1) is 0 Å². The van der Waals surface area contributed by atoms with E-state index in [1.54, 1.807) is 11.8 Å². The van der Waals surface area contributed by atoms with Gasteiger partial charge in [-0.05, 0) is 6.42 Å². The molecular weight excluding hydrogens is 184 g/mol. The van der Waals surface area contributed by atoms with Crippen LogP contribution in [0.5, 0.6) is 0 Å². The van der Waals surface area contributed by atoms with Crippen molar-refractivity contribution >= 4 is 11.8 Å². The molecule has 0 aromatic carbocycles. The number of hydrogen-bond acceptors (Lipinski definition) is 3. The van der Waals surface area contributed by atoms with Crippen LogP contribution in [0.15, 0.2) is 0 Å². The standard InChI is InChI=1S/C9H16N2O3/c1-7(12)11-4-2-8(6-11)14-5-3-9(10)13/h8H,2-6H2,1H3,(H2,10,13). The van der Waals surface area contributed by atoms with Gasteiger partial charge in [0.05, 0.1) is 12.7 Å². The fraction of sp³-hybridized carbons (Fsp3) is 0.778. The number of hydrogen-bond donors (Lipinski definition) is 1. The average molecular weight is 200 g/mol. The highest BCUT2D eigenvalue weighted by Crippen LogP contribution is 2.12. The molecular formula is C9H16N2O3. The average Bonchev–Trinajstić information content (AvgIpc) is 2.52. The Morgan fingerprint density at radius 2 is 2.29 bits per heavy atom. The summed E-state index contributed by atoms with van der Waals surface area (Å²) in [5.41, 5.74) is 4.97. The van der Waals surface area contributed by atoms with E-state index < -0.39 is 0 Å². The largest absolute Gasteiger partial charge is 0.376 e. The van der Waals surface area contributed by atoms with Crippen molar-refractivity contribution in [2.24, 2.45) is 5.73 Å². The van der Waals surface area contributed by atoms with Gasteiger partial charge < -0.3 is 15.4 Å². The van der Waals surface area contributed by atoms with Crippen LogP contribution < -0.4 is 5.73 Å². The predicted octanol–water partition coefficient (Wildman–Crippen LogP) is -0.501. The van der Waals surface area contributed by atoms with E-state index in [1.165, 1.54) is 0 Å². The van der Waals surface area contributed by atoms with Crippen LogP contribution >= 0.6 is 0 Å². The summed E-state index contributed by atoms with van der Waals surface area (Å²) in [6.07, 6.45) is 1.16. The van der Waals surface area contributed by atoms with Crippen molar-refractivity contribution in [3.63, 3.8) is 0 Å². The Bertz CT molecular complexity index is 230. The Morgan fingerprint density at radius 3 is 2.79 bits per heavy atom. The van der Waals surface area contributed by atoms with Gasteiger partial charge in [0.15, 0.2) is 0 Å². The Balaban J connectivity index is 2.16. The zero-order chi connectivity index (χ0) is 10.6. The number of amides is 2. The number of primary amides is 1. The van der Waals surface area contributed by atoms with E-state index in [4.69, 9.17) is 10.5 Å². The molecule has 2 N–H and O–H groups in total. The van der Waals surface area contributed by atoms with Crippen LogP contribution in [0.4, 0.5) is 0 Å². The molecule has 14 heavy (non-hydrogen) atoms. The summed E-state index contributed by atoms with van der Waals surface area (Å²) in [6, 6.07) is 0. The zero-order valence-corrected chi connectivity index (χ0v) is 8.36. The minimum absolute atomic E-state index is 0.0678. The normalized spacial score (nSPS) is 21.2. The molecule has 5 heteroatoms. The summed E-state index contributed by atoms with van der Waals surface area (Å²) in [7, 11) is 0. The van der Waals surface area contributed by atoms with E-state index in [1.807, 2.05) is 0 Å². The first-order valence-corrected chi connectivity index (χ1v) is 4.75. The number of nitrogens with two attached hydrogens (primary N) is 1. The fourth-order valence-corrected chi connectivity index (χ4v) is 1.48. The molecule has 1 unspecified atom stereocenters. The van der Waals surface area contributed by atoms with Crippen LogP contribution in [0.1, 0.15) is 19.8 Å². The van der Waals surface area contributed by atoms with E-state index in [0.717, 1.165) is 13.0 Å². The van der Waals surface area contributed by atoms with Crippen LogP contribution in [-0.4, -0.2) is 42.5 Å². The minimum atomic E-state index is -0.355. The van der Waals surface area contributed by atoms with Crippen LogP contribution in [0.25, 0.3) is 0 Å². The number of nitrogens with zero attached hydrogens (tertiary/aromatic N) is 1. The van der Waals surface area contributed by atoms with Crippen molar-refractivity contribution in [1.82, 2.24) is 4.90 Å². The van der Waals surface area contributed by atoms with Crippen LogP contribution in [0, 0.1) is 0 Å². The lowest BCUT2D eigenvalue weighted by Gasteiger charge is -2.13. The Hall–Kier alpha value is -1.10. The third-order valence-electron chi connectivity index (χ3n) is 2.29. The van der Waals surface area contributed by atoms with Gasteiger partial charge in [-0.3, -0.25) is 9.59 Å². The minimum Gasteiger partial charge on any atom is -0.376 e. The van der Waals surface area contributed by atoms with Crippen molar-refractivity contribution in [1.29, 1.82) is 0 Å². The van der Waals surface area contributed by atoms with Gasteiger partial charge in [-0.1, -0.05) is 0 Å². The lowest BCUT2D eigenvalue weighted by molar-refractivity contribution is -0.128. The second-order valence-corrected chi connectivity index (χ2v) is 3.46. The summed E-state index contributed by atoms with van der Waals surface area (Å²) in [6.45, 7) is 3.28. The van der Waals surface area contributed by atoms with Gasteiger partial charge in [-0.25, -0.2) is 0 Å². The molecule has 1 heterocycles. The topological polar surface area (TPSA) is 72.6 Å². The summed E-state index contributed by atoms with van der Waals surface area (Å²) >= 11 is 0. The molecule has 0 aromatic heterocycles. The highest BCUT2D eigenvalue weighted by Gasteiger charge is 2.24. The van der Waals surface area contributed by atoms with Crippen molar-refractivity contribution in [2.75, 3.05) is 19.7 Å². The Morgan fingerprint density at radius 1 is 1.57 bits per heavy atom. The quantitative estimate of drug-likeness (QED) is 0.665. The van der Waals surface area contributed by atoms with Gasteiger partial charge in [0, 0.05) is 26.4 Å². The van der Waals surface area contributed by atoms with Gasteiger partial charge >= 0.3 is 0 Å². The first-order valence-electron chi connectivity index (χ1n) is 4.75. The SMILES string of the molecule is CC(=O)N1CCC(OCCC(N)=O)C1. The number of rotatable bonds is 4. The molecule has 5 nitrogen and oxygen atoms in total. The number of carbonyl (C=O) groups is 2. The monoisotopic (exact) mass is 200 g/mol. The molecule has 0 bridgehead atoms. The fourth-order valence-electron chi connectivity index (χ4n) is 1.48. The summed E-state index contributed by atoms with van der Waals surface area (Å²) in [4.78, 5) is 23.1. The summed E-state index contributed by atoms with van der Waals surface area (Å²) in [5, 5.41) is 0. The molecule has 1 aliphatic heterocycles. The maximum Gasteiger partial charge on any atom is 0.219 e. The van der Waals surface area contributed by atoms with Crippen molar-refractivity contribution < 1.29 is 14.3 Å². The van der Waals surface area contributed by atoms with Gasteiger partial charge in [0.1, 0.15) is 0 Å². The van der Waals surface area contributed by atoms with E-state index in [9.17, 15) is 9.59 Å². The highest BCUT2D eigenvalue weighted by molar-refractivity contribution is 5.74. The lowest BCUT2D eigenvalue weighted by atomic mass is 10.3. The smallest absolute Gasteiger partial charge is 0.219 e. The van der Waals surface area contributed by atoms with E-state index in [-0.39, 0.29) is 24.3 Å². The second kappa shape index (κ2) is 4.95. The van der Waals surface area contributed by atoms with Gasteiger partial charge in [-0.2, -0.15) is 0 Å². The molecule has 1 fully saturated rings. The molecule has 0 aliphatic carbocycles. The van der Waals surface area contributed by atoms with E-state index in [0.29, 0.717) is 13.2 Å². The van der Waals surface area contributed by atoms with E-state index in [2.05, 4.69) is 0 Å². The van der Waals surface area contributed by atoms with Crippen molar-refractivity contribution in [3.8, 4) is 0 Å². The highest BCUT2D eigenvalue weighted by atomic mass is 16.5. The molecule has 0 aromatic rings. The first kappa shape index (κ1) is 11.0. The second-order valence-electron chi connectivity index (χ2n) is 3.46. The van der Waals surface area contributed by atoms with Gasteiger partial charge in [0.2, 0.25) is 11.8 Å². The molecule has 1 rings (SSSR count). The molecule has 80 valence electrons.